The summed E-state index contributed by atoms with van der Waals surface area (Å²) >= 11 is 6.01. The third kappa shape index (κ3) is 2.57. The highest BCUT2D eigenvalue weighted by Gasteiger charge is 2.59. The summed E-state index contributed by atoms with van der Waals surface area (Å²) in [6, 6.07) is 11.2. The molecule has 5 rings (SSSR count). The molecule has 0 aromatic heterocycles. The Balaban J connectivity index is 1.32. The molecule has 2 fully saturated rings. The van der Waals surface area contributed by atoms with E-state index in [0.29, 0.717) is 16.5 Å². The summed E-state index contributed by atoms with van der Waals surface area (Å²) < 4.78 is 19.5. The van der Waals surface area contributed by atoms with Gasteiger partial charge in [-0.15, -0.1) is 0 Å². The van der Waals surface area contributed by atoms with Crippen molar-refractivity contribution < 1.29 is 18.7 Å². The monoisotopic (exact) mass is 397 g/mol. The zero-order chi connectivity index (χ0) is 19.4. The molecule has 6 heteroatoms. The zero-order valence-corrected chi connectivity index (χ0v) is 15.6. The van der Waals surface area contributed by atoms with E-state index in [0.717, 1.165) is 6.42 Å². The molecule has 2 aromatic carbocycles. The van der Waals surface area contributed by atoms with Crippen molar-refractivity contribution in [2.24, 2.45) is 23.7 Å². The number of halogens is 2. The third-order valence-electron chi connectivity index (χ3n) is 6.01. The minimum atomic E-state index is -0.424. The molecule has 28 heavy (non-hydrogen) atoms. The first-order valence-electron chi connectivity index (χ1n) is 9.26. The van der Waals surface area contributed by atoms with Crippen LogP contribution in [-0.2, 0) is 16.2 Å². The number of benzene rings is 2. The van der Waals surface area contributed by atoms with E-state index < -0.39 is 5.82 Å². The molecule has 142 valence electrons. The lowest BCUT2D eigenvalue weighted by Gasteiger charge is -2.17. The van der Waals surface area contributed by atoms with Gasteiger partial charge in [0.1, 0.15) is 18.2 Å². The van der Waals surface area contributed by atoms with Crippen LogP contribution in [0, 0.1) is 29.5 Å². The molecule has 2 aliphatic carbocycles. The topological polar surface area (TPSA) is 46.6 Å². The van der Waals surface area contributed by atoms with Gasteiger partial charge in [0.15, 0.2) is 0 Å². The molecule has 1 aliphatic heterocycles. The van der Waals surface area contributed by atoms with Crippen molar-refractivity contribution in [3.8, 4) is 5.75 Å². The van der Waals surface area contributed by atoms with Gasteiger partial charge in [-0.25, -0.2) is 4.39 Å². The van der Waals surface area contributed by atoms with Crippen LogP contribution in [0.5, 0.6) is 5.75 Å². The molecule has 1 saturated carbocycles. The Hall–Kier alpha value is -2.66. The van der Waals surface area contributed by atoms with E-state index in [9.17, 15) is 14.0 Å². The Bertz CT molecular complexity index is 953. The lowest BCUT2D eigenvalue weighted by Crippen LogP contribution is -2.32. The standard InChI is InChI=1S/C22H17ClFNO3/c23-17-2-1-3-18(24)16(17)11-28-15-8-6-14(7-9-15)25-21(26)19-12-4-5-13(10-12)20(19)22(25)27/h1-9,12-13,19-20H,10-11H2/t12-,13-,19-,20+/m0/s1. The number of anilines is 1. The number of allylic oxidation sites excluding steroid dienone is 2. The number of hydrogen-bond donors (Lipinski definition) is 0. The Morgan fingerprint density at radius 3 is 2.25 bits per heavy atom. The van der Waals surface area contributed by atoms with Crippen LogP contribution in [-0.4, -0.2) is 11.8 Å². The van der Waals surface area contributed by atoms with Crippen molar-refractivity contribution in [2.45, 2.75) is 13.0 Å². The maximum absolute atomic E-state index is 13.8. The predicted molar refractivity (Wildman–Crippen MR) is 102 cm³/mol. The van der Waals surface area contributed by atoms with Crippen molar-refractivity contribution in [2.75, 3.05) is 4.90 Å². The summed E-state index contributed by atoms with van der Waals surface area (Å²) in [6.45, 7) is -0.00833. The van der Waals surface area contributed by atoms with Crippen LogP contribution in [0.1, 0.15) is 12.0 Å². The van der Waals surface area contributed by atoms with Crippen molar-refractivity contribution in [3.63, 3.8) is 0 Å². The van der Waals surface area contributed by atoms with Gasteiger partial charge in [0, 0.05) is 5.56 Å². The van der Waals surface area contributed by atoms with Crippen molar-refractivity contribution >= 4 is 29.1 Å². The quantitative estimate of drug-likeness (QED) is 0.568. The molecule has 2 amide bonds. The van der Waals surface area contributed by atoms with Gasteiger partial charge in [-0.2, -0.15) is 0 Å². The number of rotatable bonds is 4. The SMILES string of the molecule is O=C1[C@@H]2[C@H](C(=O)N1c1ccc(OCc3c(F)cccc3Cl)cc1)[C@H]1C=C[C@H]2C1. The van der Waals surface area contributed by atoms with E-state index in [2.05, 4.69) is 12.2 Å². The molecule has 3 aliphatic rings. The minimum absolute atomic E-state index is 0.00833. The summed E-state index contributed by atoms with van der Waals surface area (Å²) in [7, 11) is 0. The van der Waals surface area contributed by atoms with Gasteiger partial charge in [0.2, 0.25) is 11.8 Å². The first-order chi connectivity index (χ1) is 13.5. The molecule has 1 saturated heterocycles. The van der Waals surface area contributed by atoms with Crippen molar-refractivity contribution in [1.29, 1.82) is 0 Å². The Kier molecular flexibility index (Phi) is 4.02. The Labute approximate surface area is 166 Å². The average Bonchev–Trinajstić information content (AvgIpc) is 3.36. The van der Waals surface area contributed by atoms with Gasteiger partial charge in [-0.05, 0) is 54.7 Å². The van der Waals surface area contributed by atoms with Crippen LogP contribution in [0.3, 0.4) is 0 Å². The number of imide groups is 1. The third-order valence-corrected chi connectivity index (χ3v) is 6.36. The predicted octanol–water partition coefficient (Wildman–Crippen LogP) is 4.37. The van der Waals surface area contributed by atoms with Gasteiger partial charge in [0.25, 0.3) is 0 Å². The van der Waals surface area contributed by atoms with Gasteiger partial charge < -0.3 is 4.74 Å². The van der Waals surface area contributed by atoms with Gasteiger partial charge in [-0.3, -0.25) is 14.5 Å². The maximum Gasteiger partial charge on any atom is 0.238 e. The molecular formula is C22H17ClFNO3. The highest BCUT2D eigenvalue weighted by atomic mass is 35.5. The smallest absolute Gasteiger partial charge is 0.238 e. The van der Waals surface area contributed by atoms with E-state index in [1.54, 1.807) is 30.3 Å². The summed E-state index contributed by atoms with van der Waals surface area (Å²) in [6.07, 6.45) is 5.06. The Morgan fingerprint density at radius 1 is 1.00 bits per heavy atom. The molecule has 0 spiro atoms. The van der Waals surface area contributed by atoms with E-state index in [4.69, 9.17) is 16.3 Å². The molecule has 4 nitrogen and oxygen atoms in total. The van der Waals surface area contributed by atoms with Crippen molar-refractivity contribution in [3.05, 3.63) is 71.0 Å². The van der Waals surface area contributed by atoms with Crippen LogP contribution in [0.15, 0.2) is 54.6 Å². The summed E-state index contributed by atoms with van der Waals surface area (Å²) in [4.78, 5) is 27.0. The number of ether oxygens (including phenoxy) is 1. The highest BCUT2D eigenvalue weighted by Crippen LogP contribution is 2.53. The zero-order valence-electron chi connectivity index (χ0n) is 14.8. The van der Waals surface area contributed by atoms with Crippen LogP contribution in [0.25, 0.3) is 0 Å². The van der Waals surface area contributed by atoms with Crippen LogP contribution in [0.4, 0.5) is 10.1 Å². The molecule has 0 radical (unpaired) electrons. The number of carbonyl (C=O) groups excluding carboxylic acids is 2. The van der Waals surface area contributed by atoms with E-state index >= 15 is 0 Å². The first kappa shape index (κ1) is 17.4. The van der Waals surface area contributed by atoms with Gasteiger partial charge >= 0.3 is 0 Å². The molecular weight excluding hydrogens is 381 g/mol. The second-order valence-corrected chi connectivity index (χ2v) is 7.90. The van der Waals surface area contributed by atoms with Gasteiger partial charge in [-0.1, -0.05) is 29.8 Å². The summed E-state index contributed by atoms with van der Waals surface area (Å²) in [5, 5.41) is 0.305. The number of nitrogens with zero attached hydrogens (tertiary/aromatic N) is 1. The second kappa shape index (κ2) is 6.45. The minimum Gasteiger partial charge on any atom is -0.489 e. The fourth-order valence-electron chi connectivity index (χ4n) is 4.67. The maximum atomic E-state index is 13.8. The molecule has 4 atom stereocenters. The molecule has 1 heterocycles. The molecule has 2 aromatic rings. The average molecular weight is 398 g/mol. The van der Waals surface area contributed by atoms with E-state index in [1.165, 1.54) is 17.0 Å². The normalized spacial score (nSPS) is 27.6. The summed E-state index contributed by atoms with van der Waals surface area (Å²) in [5.41, 5.74) is 0.828. The number of amides is 2. The number of hydrogen-bond acceptors (Lipinski definition) is 3. The lowest BCUT2D eigenvalue weighted by atomic mass is 9.85. The van der Waals surface area contributed by atoms with Crippen LogP contribution < -0.4 is 9.64 Å². The molecule has 2 bridgehead atoms. The fourth-order valence-corrected chi connectivity index (χ4v) is 4.89. The Morgan fingerprint density at radius 2 is 1.64 bits per heavy atom. The first-order valence-corrected chi connectivity index (χ1v) is 9.64. The lowest BCUT2D eigenvalue weighted by molar-refractivity contribution is -0.123. The second-order valence-electron chi connectivity index (χ2n) is 7.49. The van der Waals surface area contributed by atoms with Gasteiger partial charge in [0.05, 0.1) is 22.5 Å². The largest absolute Gasteiger partial charge is 0.489 e. The van der Waals surface area contributed by atoms with Crippen LogP contribution in [0.2, 0.25) is 5.02 Å². The number of carbonyl (C=O) groups is 2. The van der Waals surface area contributed by atoms with E-state index in [-0.39, 0.29) is 47.7 Å². The van der Waals surface area contributed by atoms with Crippen molar-refractivity contribution in [1.82, 2.24) is 0 Å². The van der Waals surface area contributed by atoms with E-state index in [1.807, 2.05) is 0 Å². The highest BCUT2D eigenvalue weighted by molar-refractivity contribution is 6.31. The number of fused-ring (bicyclic) bond motifs is 5. The van der Waals surface area contributed by atoms with Crippen LogP contribution >= 0.6 is 11.6 Å². The molecule has 0 unspecified atom stereocenters. The fraction of sp³-hybridized carbons (Fsp3) is 0.273. The summed E-state index contributed by atoms with van der Waals surface area (Å²) in [5.74, 6) is -0.217. The molecule has 0 N–H and O–H groups in total.